The molecule has 0 aliphatic rings. The summed E-state index contributed by atoms with van der Waals surface area (Å²) in [5.41, 5.74) is 3.44. The molecule has 0 fully saturated rings. The highest BCUT2D eigenvalue weighted by atomic mass is 79.9. The predicted molar refractivity (Wildman–Crippen MR) is 80.5 cm³/mol. The molecule has 1 aromatic carbocycles. The number of rotatable bonds is 2. The Morgan fingerprint density at radius 1 is 1.30 bits per heavy atom. The van der Waals surface area contributed by atoms with E-state index < -0.39 is 0 Å². The van der Waals surface area contributed by atoms with Crippen molar-refractivity contribution in [3.63, 3.8) is 0 Å². The lowest BCUT2D eigenvalue weighted by Gasteiger charge is -2.12. The highest BCUT2D eigenvalue weighted by molar-refractivity contribution is 9.10. The van der Waals surface area contributed by atoms with Crippen LogP contribution in [0, 0.1) is 25.2 Å². The molecule has 1 amide bonds. The Kier molecular flexibility index (Phi) is 4.16. The first-order chi connectivity index (χ1) is 9.51. The largest absolute Gasteiger partial charge is 0.320 e. The second-order valence-corrected chi connectivity index (χ2v) is 5.33. The summed E-state index contributed by atoms with van der Waals surface area (Å²) >= 11 is 3.42. The number of nitriles is 1. The first-order valence-corrected chi connectivity index (χ1v) is 6.75. The monoisotopic (exact) mass is 329 g/mol. The van der Waals surface area contributed by atoms with Gasteiger partial charge >= 0.3 is 0 Å². The standard InChI is InChI=1S/C15H12BrN3O/c1-9-5-12(16)6-10(2)14(9)19-15(20)13-4-3-11(7-17)8-18-13/h3-6,8H,1-2H3,(H,19,20). The van der Waals surface area contributed by atoms with Gasteiger partial charge in [0.05, 0.1) is 5.56 Å². The normalized spacial score (nSPS) is 9.90. The molecule has 100 valence electrons. The third-order valence-corrected chi connectivity index (χ3v) is 3.32. The molecule has 4 nitrogen and oxygen atoms in total. The smallest absolute Gasteiger partial charge is 0.274 e. The molecule has 0 saturated heterocycles. The van der Waals surface area contributed by atoms with Crippen LogP contribution in [-0.4, -0.2) is 10.9 Å². The maximum absolute atomic E-state index is 12.1. The molecule has 0 radical (unpaired) electrons. The van der Waals surface area contributed by atoms with Gasteiger partial charge < -0.3 is 5.32 Å². The molecule has 2 aromatic rings. The van der Waals surface area contributed by atoms with Gasteiger partial charge in [-0.25, -0.2) is 4.98 Å². The van der Waals surface area contributed by atoms with Gasteiger partial charge in [-0.05, 0) is 49.2 Å². The summed E-state index contributed by atoms with van der Waals surface area (Å²) in [5.74, 6) is -0.289. The fourth-order valence-electron chi connectivity index (χ4n) is 1.88. The van der Waals surface area contributed by atoms with E-state index in [0.29, 0.717) is 5.56 Å². The van der Waals surface area contributed by atoms with Crippen molar-refractivity contribution in [1.82, 2.24) is 4.98 Å². The predicted octanol–water partition coefficient (Wildman–Crippen LogP) is 3.58. The fraction of sp³-hybridized carbons (Fsp3) is 0.133. The molecule has 0 bridgehead atoms. The Balaban J connectivity index is 2.26. The zero-order valence-corrected chi connectivity index (χ0v) is 12.7. The summed E-state index contributed by atoms with van der Waals surface area (Å²) in [6, 6.07) is 8.96. The molecule has 20 heavy (non-hydrogen) atoms. The van der Waals surface area contributed by atoms with Gasteiger partial charge in [0.15, 0.2) is 0 Å². The van der Waals surface area contributed by atoms with E-state index in [2.05, 4.69) is 26.2 Å². The summed E-state index contributed by atoms with van der Waals surface area (Å²) in [7, 11) is 0. The number of halogens is 1. The number of carbonyl (C=O) groups is 1. The van der Waals surface area contributed by atoms with E-state index in [-0.39, 0.29) is 11.6 Å². The Morgan fingerprint density at radius 3 is 2.45 bits per heavy atom. The molecule has 0 unspecified atom stereocenters. The van der Waals surface area contributed by atoms with Gasteiger partial charge in [-0.3, -0.25) is 4.79 Å². The van der Waals surface area contributed by atoms with Crippen LogP contribution >= 0.6 is 15.9 Å². The maximum atomic E-state index is 12.1. The van der Waals surface area contributed by atoms with Gasteiger partial charge in [-0.15, -0.1) is 0 Å². The number of benzene rings is 1. The van der Waals surface area contributed by atoms with Crippen molar-refractivity contribution in [3.05, 3.63) is 57.3 Å². The van der Waals surface area contributed by atoms with Crippen LogP contribution in [0.4, 0.5) is 5.69 Å². The van der Waals surface area contributed by atoms with E-state index in [4.69, 9.17) is 5.26 Å². The zero-order chi connectivity index (χ0) is 14.7. The summed E-state index contributed by atoms with van der Waals surface area (Å²) in [6.45, 7) is 3.86. The molecule has 0 aliphatic carbocycles. The number of amides is 1. The van der Waals surface area contributed by atoms with Crippen LogP contribution < -0.4 is 5.32 Å². The van der Waals surface area contributed by atoms with Gasteiger partial charge in [-0.1, -0.05) is 15.9 Å². The third-order valence-electron chi connectivity index (χ3n) is 2.86. The van der Waals surface area contributed by atoms with Crippen molar-refractivity contribution < 1.29 is 4.79 Å². The quantitative estimate of drug-likeness (QED) is 0.915. The van der Waals surface area contributed by atoms with Crippen molar-refractivity contribution in [2.45, 2.75) is 13.8 Å². The van der Waals surface area contributed by atoms with E-state index in [0.717, 1.165) is 21.3 Å². The summed E-state index contributed by atoms with van der Waals surface area (Å²) in [5, 5.41) is 11.6. The lowest BCUT2D eigenvalue weighted by Crippen LogP contribution is -2.15. The first-order valence-electron chi connectivity index (χ1n) is 5.95. The number of anilines is 1. The van der Waals surface area contributed by atoms with Gasteiger partial charge in [0, 0.05) is 16.4 Å². The van der Waals surface area contributed by atoms with Crippen molar-refractivity contribution in [1.29, 1.82) is 5.26 Å². The first kappa shape index (κ1) is 14.2. The van der Waals surface area contributed by atoms with Crippen molar-refractivity contribution in [2.75, 3.05) is 5.32 Å². The van der Waals surface area contributed by atoms with Crippen LogP contribution in [0.3, 0.4) is 0 Å². The molecule has 0 saturated carbocycles. The Labute approximate surface area is 125 Å². The second kappa shape index (κ2) is 5.85. The highest BCUT2D eigenvalue weighted by Gasteiger charge is 2.11. The van der Waals surface area contributed by atoms with Gasteiger partial charge in [0.25, 0.3) is 5.91 Å². The van der Waals surface area contributed by atoms with E-state index in [1.54, 1.807) is 6.07 Å². The molecule has 0 aliphatic heterocycles. The average Bonchev–Trinajstić information content (AvgIpc) is 2.42. The Morgan fingerprint density at radius 2 is 1.95 bits per heavy atom. The van der Waals surface area contributed by atoms with Crippen molar-refractivity contribution >= 4 is 27.5 Å². The molecule has 5 heteroatoms. The Hall–Kier alpha value is -2.19. The summed E-state index contributed by atoms with van der Waals surface area (Å²) in [6.07, 6.45) is 1.39. The van der Waals surface area contributed by atoms with Crippen LogP contribution in [0.5, 0.6) is 0 Å². The minimum absolute atomic E-state index is 0.283. The van der Waals surface area contributed by atoms with Crippen molar-refractivity contribution in [2.24, 2.45) is 0 Å². The molecule has 2 rings (SSSR count). The molecule has 1 N–H and O–H groups in total. The van der Waals surface area contributed by atoms with Crippen LogP contribution in [0.25, 0.3) is 0 Å². The van der Waals surface area contributed by atoms with Crippen molar-refractivity contribution in [3.8, 4) is 6.07 Å². The number of aromatic nitrogens is 1. The molecular weight excluding hydrogens is 318 g/mol. The number of hydrogen-bond acceptors (Lipinski definition) is 3. The third kappa shape index (κ3) is 3.03. The SMILES string of the molecule is Cc1cc(Br)cc(C)c1NC(=O)c1ccc(C#N)cn1. The van der Waals surface area contributed by atoms with Crippen LogP contribution in [-0.2, 0) is 0 Å². The van der Waals surface area contributed by atoms with E-state index in [1.165, 1.54) is 12.3 Å². The molecule has 1 heterocycles. The number of nitrogens with one attached hydrogen (secondary N) is 1. The zero-order valence-electron chi connectivity index (χ0n) is 11.1. The number of aryl methyl sites for hydroxylation is 2. The van der Waals surface area contributed by atoms with Gasteiger partial charge in [0.2, 0.25) is 0 Å². The highest BCUT2D eigenvalue weighted by Crippen LogP contribution is 2.25. The minimum atomic E-state index is -0.289. The minimum Gasteiger partial charge on any atom is -0.320 e. The van der Waals surface area contributed by atoms with E-state index >= 15 is 0 Å². The average molecular weight is 330 g/mol. The van der Waals surface area contributed by atoms with E-state index in [9.17, 15) is 4.79 Å². The lowest BCUT2D eigenvalue weighted by atomic mass is 10.1. The number of carbonyl (C=O) groups excluding carboxylic acids is 1. The maximum Gasteiger partial charge on any atom is 0.274 e. The number of nitrogens with zero attached hydrogens (tertiary/aromatic N) is 2. The summed E-state index contributed by atoms with van der Waals surface area (Å²) in [4.78, 5) is 16.1. The molecular formula is C15H12BrN3O. The second-order valence-electron chi connectivity index (χ2n) is 4.41. The fourth-order valence-corrected chi connectivity index (χ4v) is 2.57. The van der Waals surface area contributed by atoms with Crippen LogP contribution in [0.15, 0.2) is 34.9 Å². The molecule has 0 atom stereocenters. The Bertz CT molecular complexity index is 679. The number of hydrogen-bond donors (Lipinski definition) is 1. The lowest BCUT2D eigenvalue weighted by molar-refractivity contribution is 0.102. The summed E-state index contributed by atoms with van der Waals surface area (Å²) < 4.78 is 0.974. The van der Waals surface area contributed by atoms with Crippen LogP contribution in [0.2, 0.25) is 0 Å². The van der Waals surface area contributed by atoms with Gasteiger partial charge in [-0.2, -0.15) is 5.26 Å². The van der Waals surface area contributed by atoms with Gasteiger partial charge in [0.1, 0.15) is 11.8 Å². The van der Waals surface area contributed by atoms with Crippen LogP contribution in [0.1, 0.15) is 27.2 Å². The van der Waals surface area contributed by atoms with E-state index in [1.807, 2.05) is 32.0 Å². The topological polar surface area (TPSA) is 65.8 Å². The molecule has 0 spiro atoms. The number of pyridine rings is 1. The molecule has 1 aromatic heterocycles.